The highest BCUT2D eigenvalue weighted by Gasteiger charge is 2.31. The molecule has 0 radical (unpaired) electrons. The minimum Gasteiger partial charge on any atom is -0.483 e. The molecular weight excluding hydrogens is 539 g/mol. The molecule has 1 saturated carbocycles. The maximum atomic E-state index is 13.4. The first-order chi connectivity index (χ1) is 16.3. The normalized spacial score (nSPS) is 14.6. The first kappa shape index (κ1) is 26.8. The highest BCUT2D eigenvalue weighted by Crippen LogP contribution is 2.27. The summed E-state index contributed by atoms with van der Waals surface area (Å²) in [6.45, 7) is 3.98. The summed E-state index contributed by atoms with van der Waals surface area (Å²) < 4.78 is 6.64. The second kappa shape index (κ2) is 12.8. The van der Waals surface area contributed by atoms with Crippen molar-refractivity contribution in [3.05, 3.63) is 62.0 Å². The van der Waals surface area contributed by atoms with Gasteiger partial charge in [-0.2, -0.15) is 0 Å². The molecule has 0 heterocycles. The molecule has 0 bridgehead atoms. The molecule has 0 aromatic heterocycles. The molecule has 0 spiro atoms. The molecule has 184 valence electrons. The fraction of sp³-hybridized carbons (Fsp3) is 0.462. The lowest BCUT2D eigenvalue weighted by molar-refractivity contribution is -0.143. The van der Waals surface area contributed by atoms with Crippen LogP contribution in [0.3, 0.4) is 0 Å². The van der Waals surface area contributed by atoms with Crippen LogP contribution in [0.25, 0.3) is 0 Å². The van der Waals surface area contributed by atoms with E-state index in [1.165, 1.54) is 5.56 Å². The number of aryl methyl sites for hydroxylation is 1. The van der Waals surface area contributed by atoms with Gasteiger partial charge in [-0.15, -0.1) is 0 Å². The quantitative estimate of drug-likeness (QED) is 0.352. The van der Waals surface area contributed by atoms with Crippen molar-refractivity contribution in [1.29, 1.82) is 0 Å². The lowest BCUT2D eigenvalue weighted by Crippen LogP contribution is -2.52. The number of hydrogen-bond acceptors (Lipinski definition) is 3. The highest BCUT2D eigenvalue weighted by molar-refractivity contribution is 9.10. The second-order valence-corrected chi connectivity index (χ2v) is 10.3. The highest BCUT2D eigenvalue weighted by atomic mass is 79.9. The van der Waals surface area contributed by atoms with Crippen molar-refractivity contribution in [3.8, 4) is 5.75 Å². The van der Waals surface area contributed by atoms with Crippen molar-refractivity contribution in [2.45, 2.75) is 71.0 Å². The number of carbonyl (C=O) groups is 2. The van der Waals surface area contributed by atoms with Crippen molar-refractivity contribution in [2.75, 3.05) is 6.61 Å². The monoisotopic (exact) mass is 568 g/mol. The zero-order valence-electron chi connectivity index (χ0n) is 19.6. The summed E-state index contributed by atoms with van der Waals surface area (Å²) in [6, 6.07) is 10.5. The van der Waals surface area contributed by atoms with Crippen molar-refractivity contribution in [2.24, 2.45) is 0 Å². The van der Waals surface area contributed by atoms with Gasteiger partial charge in [0.05, 0.1) is 4.47 Å². The van der Waals surface area contributed by atoms with Crippen molar-refractivity contribution in [1.82, 2.24) is 10.2 Å². The Morgan fingerprint density at radius 3 is 2.50 bits per heavy atom. The van der Waals surface area contributed by atoms with E-state index in [4.69, 9.17) is 27.9 Å². The van der Waals surface area contributed by atoms with Gasteiger partial charge in [0, 0.05) is 22.6 Å². The Bertz CT molecular complexity index is 1010. The molecule has 0 unspecified atom stereocenters. The Labute approximate surface area is 220 Å². The number of amides is 2. The number of rotatable bonds is 10. The van der Waals surface area contributed by atoms with Gasteiger partial charge in [0.25, 0.3) is 5.91 Å². The van der Waals surface area contributed by atoms with Gasteiger partial charge in [0.1, 0.15) is 11.8 Å². The summed E-state index contributed by atoms with van der Waals surface area (Å²) in [5.74, 6) is 0.158. The van der Waals surface area contributed by atoms with Gasteiger partial charge in [0.2, 0.25) is 5.91 Å². The number of nitrogens with one attached hydrogen (secondary N) is 1. The first-order valence-corrected chi connectivity index (χ1v) is 13.3. The van der Waals surface area contributed by atoms with E-state index in [0.29, 0.717) is 22.2 Å². The van der Waals surface area contributed by atoms with Crippen molar-refractivity contribution >= 4 is 50.9 Å². The summed E-state index contributed by atoms with van der Waals surface area (Å²) in [5.41, 5.74) is 1.89. The molecule has 3 rings (SSSR count). The molecule has 34 heavy (non-hydrogen) atoms. The molecular formula is C26H31BrCl2N2O3. The average molecular weight is 570 g/mol. The number of benzene rings is 2. The zero-order valence-corrected chi connectivity index (χ0v) is 22.7. The van der Waals surface area contributed by atoms with Crippen LogP contribution in [0.15, 0.2) is 40.9 Å². The smallest absolute Gasteiger partial charge is 0.261 e. The average Bonchev–Trinajstić information content (AvgIpc) is 3.32. The topological polar surface area (TPSA) is 58.6 Å². The summed E-state index contributed by atoms with van der Waals surface area (Å²) in [7, 11) is 0. The fourth-order valence-electron chi connectivity index (χ4n) is 4.22. The number of nitrogens with zero attached hydrogens (tertiary/aromatic N) is 1. The minimum absolute atomic E-state index is 0.138. The SMILES string of the molecule is CCc1ccc(OCC(=O)N(Cc2ccc(Cl)cc2Cl)[C@H](CC)C(=O)NC2CCCC2)c(Br)c1. The van der Waals surface area contributed by atoms with Crippen LogP contribution in [0, 0.1) is 0 Å². The third kappa shape index (κ3) is 7.12. The molecule has 1 atom stereocenters. The predicted octanol–water partition coefficient (Wildman–Crippen LogP) is 6.56. The lowest BCUT2D eigenvalue weighted by Gasteiger charge is -2.31. The molecule has 0 saturated heterocycles. The van der Waals surface area contributed by atoms with Gasteiger partial charge in [-0.1, -0.05) is 62.0 Å². The van der Waals surface area contributed by atoms with E-state index in [2.05, 4.69) is 28.2 Å². The van der Waals surface area contributed by atoms with Crippen molar-refractivity contribution in [3.63, 3.8) is 0 Å². The van der Waals surface area contributed by atoms with Crippen molar-refractivity contribution < 1.29 is 14.3 Å². The van der Waals surface area contributed by atoms with Crippen LogP contribution in [-0.4, -0.2) is 35.4 Å². The summed E-state index contributed by atoms with van der Waals surface area (Å²) in [5, 5.41) is 4.10. The molecule has 1 fully saturated rings. The Balaban J connectivity index is 1.80. The molecule has 1 aliphatic carbocycles. The predicted molar refractivity (Wildman–Crippen MR) is 141 cm³/mol. The Kier molecular flexibility index (Phi) is 10.1. The third-order valence-corrected chi connectivity index (χ3v) is 7.41. The Morgan fingerprint density at radius 1 is 1.15 bits per heavy atom. The summed E-state index contributed by atoms with van der Waals surface area (Å²) in [4.78, 5) is 28.2. The number of halogens is 3. The molecule has 2 amide bonds. The van der Waals surface area contributed by atoms with Crippen LogP contribution in [0.1, 0.15) is 57.1 Å². The third-order valence-electron chi connectivity index (χ3n) is 6.20. The standard InChI is InChI=1S/C26H31BrCl2N2O3/c1-3-17-9-12-24(21(27)13-17)34-16-25(32)31(15-18-10-11-19(28)14-22(18)29)23(4-2)26(33)30-20-7-5-6-8-20/h9-14,20,23H,3-8,15-16H2,1-2H3,(H,30,33)/t23-/m1/s1. The van der Waals surface area contributed by atoms with Crippen LogP contribution in [0.2, 0.25) is 10.0 Å². The molecule has 8 heteroatoms. The molecule has 0 aliphatic heterocycles. The maximum absolute atomic E-state index is 13.4. The van der Waals surface area contributed by atoms with Gasteiger partial charge in [0.15, 0.2) is 6.61 Å². The fourth-order valence-corrected chi connectivity index (χ4v) is 5.23. The summed E-state index contributed by atoms with van der Waals surface area (Å²) >= 11 is 16.0. The van der Waals surface area contributed by atoms with E-state index in [0.717, 1.165) is 42.1 Å². The van der Waals surface area contributed by atoms with E-state index >= 15 is 0 Å². The van der Waals surface area contributed by atoms with E-state index in [1.54, 1.807) is 23.1 Å². The van der Waals surface area contributed by atoms with Crippen LogP contribution >= 0.6 is 39.1 Å². The van der Waals surface area contributed by atoms with Gasteiger partial charge >= 0.3 is 0 Å². The lowest BCUT2D eigenvalue weighted by atomic mass is 10.1. The van der Waals surface area contributed by atoms with Crippen LogP contribution in [0.5, 0.6) is 5.75 Å². The molecule has 2 aromatic carbocycles. The number of carbonyl (C=O) groups excluding carboxylic acids is 2. The first-order valence-electron chi connectivity index (χ1n) is 11.8. The molecule has 5 nitrogen and oxygen atoms in total. The largest absolute Gasteiger partial charge is 0.483 e. The second-order valence-electron chi connectivity index (χ2n) is 8.58. The molecule has 1 aliphatic rings. The van der Waals surface area contributed by atoms with Gasteiger partial charge < -0.3 is 15.0 Å². The summed E-state index contributed by atoms with van der Waals surface area (Å²) in [6.07, 6.45) is 5.56. The van der Waals surface area contributed by atoms with E-state index in [1.807, 2.05) is 25.1 Å². The van der Waals surface area contributed by atoms with E-state index in [9.17, 15) is 9.59 Å². The van der Waals surface area contributed by atoms with Crippen LogP contribution in [0.4, 0.5) is 0 Å². The van der Waals surface area contributed by atoms with Crippen LogP contribution in [-0.2, 0) is 22.6 Å². The van der Waals surface area contributed by atoms with Gasteiger partial charge in [-0.05, 0) is 77.0 Å². The Hall–Kier alpha value is -1.76. The number of ether oxygens (including phenoxy) is 1. The molecule has 2 aromatic rings. The van der Waals surface area contributed by atoms with Gasteiger partial charge in [-0.3, -0.25) is 9.59 Å². The number of hydrogen-bond donors (Lipinski definition) is 1. The molecule has 1 N–H and O–H groups in total. The van der Waals surface area contributed by atoms with E-state index < -0.39 is 6.04 Å². The van der Waals surface area contributed by atoms with Crippen LogP contribution < -0.4 is 10.1 Å². The minimum atomic E-state index is -0.630. The van der Waals surface area contributed by atoms with Gasteiger partial charge in [-0.25, -0.2) is 0 Å². The van der Waals surface area contributed by atoms with E-state index in [-0.39, 0.29) is 31.0 Å². The Morgan fingerprint density at radius 2 is 1.88 bits per heavy atom. The maximum Gasteiger partial charge on any atom is 0.261 e. The zero-order chi connectivity index (χ0) is 24.7.